The van der Waals surface area contributed by atoms with Crippen molar-refractivity contribution in [2.45, 2.75) is 13.8 Å². The number of nitrogens with zero attached hydrogens (tertiary/aromatic N) is 4. The second-order valence-corrected chi connectivity index (χ2v) is 7.47. The molecule has 8 nitrogen and oxygen atoms in total. The molecular formula is C22H20N4O4. The van der Waals surface area contributed by atoms with Crippen molar-refractivity contribution in [2.75, 3.05) is 0 Å². The van der Waals surface area contributed by atoms with Gasteiger partial charge in [0.25, 0.3) is 11.2 Å². The molecule has 2 aromatic carbocycles. The lowest BCUT2D eigenvalue weighted by molar-refractivity contribution is -0.384. The average molecular weight is 404 g/mol. The highest BCUT2D eigenvalue weighted by Crippen LogP contribution is 2.33. The zero-order chi connectivity index (χ0) is 21.7. The van der Waals surface area contributed by atoms with Crippen molar-refractivity contribution in [2.24, 2.45) is 14.1 Å². The van der Waals surface area contributed by atoms with Crippen molar-refractivity contribution >= 4 is 16.6 Å². The minimum Gasteiger partial charge on any atom is -0.314 e. The van der Waals surface area contributed by atoms with Crippen LogP contribution in [0.15, 0.2) is 58.3 Å². The molecule has 0 amide bonds. The second-order valence-electron chi connectivity index (χ2n) is 7.47. The van der Waals surface area contributed by atoms with Crippen LogP contribution in [0.25, 0.3) is 27.8 Å². The Hall–Kier alpha value is -3.94. The van der Waals surface area contributed by atoms with E-state index in [0.29, 0.717) is 22.2 Å². The molecule has 0 bridgehead atoms. The molecule has 0 aliphatic carbocycles. The number of nitro groups is 1. The standard InChI is InChI=1S/C22H20N4O4/c1-13-8-14(2)10-17(9-13)25-12-18-19(21(27)24(4)22(28)23(18)3)20(25)15-6-5-7-16(11-15)26(29)30/h5-12H,1-4H3. The summed E-state index contributed by atoms with van der Waals surface area (Å²) in [7, 11) is 3.03. The lowest BCUT2D eigenvalue weighted by Crippen LogP contribution is -2.36. The van der Waals surface area contributed by atoms with Crippen LogP contribution in [0.1, 0.15) is 11.1 Å². The van der Waals surface area contributed by atoms with Crippen molar-refractivity contribution in [3.8, 4) is 16.9 Å². The summed E-state index contributed by atoms with van der Waals surface area (Å²) >= 11 is 0. The monoisotopic (exact) mass is 404 g/mol. The summed E-state index contributed by atoms with van der Waals surface area (Å²) in [6.07, 6.45) is 1.74. The molecule has 0 aliphatic rings. The molecule has 2 aromatic heterocycles. The molecule has 0 unspecified atom stereocenters. The van der Waals surface area contributed by atoms with Crippen molar-refractivity contribution < 1.29 is 4.92 Å². The van der Waals surface area contributed by atoms with Crippen LogP contribution in [-0.2, 0) is 14.1 Å². The fraction of sp³-hybridized carbons (Fsp3) is 0.182. The van der Waals surface area contributed by atoms with Crippen LogP contribution in [0.3, 0.4) is 0 Å². The summed E-state index contributed by atoms with van der Waals surface area (Å²) in [5.74, 6) is 0. The largest absolute Gasteiger partial charge is 0.330 e. The Labute approximate surface area is 171 Å². The van der Waals surface area contributed by atoms with Gasteiger partial charge in [-0.2, -0.15) is 0 Å². The Morgan fingerprint density at radius 1 is 0.933 bits per heavy atom. The summed E-state index contributed by atoms with van der Waals surface area (Å²) in [5.41, 5.74) is 3.42. The van der Waals surface area contributed by atoms with E-state index in [4.69, 9.17) is 0 Å². The summed E-state index contributed by atoms with van der Waals surface area (Å²) < 4.78 is 4.29. The first-order valence-corrected chi connectivity index (χ1v) is 9.33. The molecule has 0 saturated carbocycles. The molecule has 0 spiro atoms. The number of aryl methyl sites for hydroxylation is 3. The SMILES string of the molecule is Cc1cc(C)cc(-n2cc3c(c2-c2cccc([N+](=O)[O-])c2)c(=O)n(C)c(=O)n3C)c1. The maximum atomic E-state index is 13.1. The lowest BCUT2D eigenvalue weighted by atomic mass is 10.1. The quantitative estimate of drug-likeness (QED) is 0.387. The maximum Gasteiger partial charge on any atom is 0.330 e. The first-order valence-electron chi connectivity index (χ1n) is 9.33. The Bertz CT molecular complexity index is 1440. The molecule has 8 heteroatoms. The summed E-state index contributed by atoms with van der Waals surface area (Å²) in [5, 5.41) is 11.7. The molecule has 152 valence electrons. The predicted molar refractivity (Wildman–Crippen MR) is 115 cm³/mol. The molecule has 0 N–H and O–H groups in total. The van der Waals surface area contributed by atoms with Crippen LogP contribution in [0.2, 0.25) is 0 Å². The number of aromatic nitrogens is 3. The average Bonchev–Trinajstić information content (AvgIpc) is 3.11. The van der Waals surface area contributed by atoms with E-state index in [2.05, 4.69) is 0 Å². The number of benzene rings is 2. The topological polar surface area (TPSA) is 92.1 Å². The third-order valence-electron chi connectivity index (χ3n) is 5.25. The second kappa shape index (κ2) is 6.84. The van der Waals surface area contributed by atoms with E-state index < -0.39 is 16.2 Å². The minimum atomic E-state index is -0.469. The fourth-order valence-electron chi connectivity index (χ4n) is 3.88. The molecule has 0 atom stereocenters. The Morgan fingerprint density at radius 2 is 1.60 bits per heavy atom. The van der Waals surface area contributed by atoms with E-state index in [1.54, 1.807) is 25.4 Å². The van der Waals surface area contributed by atoms with Gasteiger partial charge >= 0.3 is 5.69 Å². The van der Waals surface area contributed by atoms with Crippen molar-refractivity contribution in [1.82, 2.24) is 13.7 Å². The van der Waals surface area contributed by atoms with Crippen molar-refractivity contribution in [3.63, 3.8) is 0 Å². The van der Waals surface area contributed by atoms with Gasteiger partial charge in [0.1, 0.15) is 0 Å². The van der Waals surface area contributed by atoms with E-state index in [9.17, 15) is 19.7 Å². The van der Waals surface area contributed by atoms with Gasteiger partial charge in [-0.3, -0.25) is 24.0 Å². The van der Waals surface area contributed by atoms with Crippen LogP contribution in [0.4, 0.5) is 5.69 Å². The molecule has 0 radical (unpaired) electrons. The van der Waals surface area contributed by atoms with Gasteiger partial charge in [-0.15, -0.1) is 0 Å². The molecule has 0 fully saturated rings. The molecule has 0 saturated heterocycles. The smallest absolute Gasteiger partial charge is 0.314 e. The molecule has 30 heavy (non-hydrogen) atoms. The Balaban J connectivity index is 2.21. The van der Waals surface area contributed by atoms with E-state index in [0.717, 1.165) is 21.4 Å². The molecule has 4 rings (SSSR count). The van der Waals surface area contributed by atoms with Crippen LogP contribution < -0.4 is 11.2 Å². The van der Waals surface area contributed by atoms with Crippen LogP contribution in [0, 0.1) is 24.0 Å². The van der Waals surface area contributed by atoms with Gasteiger partial charge in [0.15, 0.2) is 0 Å². The zero-order valence-electron chi connectivity index (χ0n) is 17.0. The highest BCUT2D eigenvalue weighted by atomic mass is 16.6. The van der Waals surface area contributed by atoms with E-state index in [-0.39, 0.29) is 5.69 Å². The Morgan fingerprint density at radius 3 is 2.23 bits per heavy atom. The normalized spacial score (nSPS) is 11.2. The van der Waals surface area contributed by atoms with Gasteiger partial charge in [-0.05, 0) is 37.1 Å². The maximum absolute atomic E-state index is 13.1. The number of fused-ring (bicyclic) bond motifs is 1. The number of hydrogen-bond acceptors (Lipinski definition) is 4. The number of rotatable bonds is 3. The number of nitro benzene ring substituents is 1. The first-order chi connectivity index (χ1) is 14.2. The highest BCUT2D eigenvalue weighted by Gasteiger charge is 2.21. The Kier molecular flexibility index (Phi) is 4.42. The van der Waals surface area contributed by atoms with Crippen molar-refractivity contribution in [3.05, 3.63) is 90.7 Å². The summed E-state index contributed by atoms with van der Waals surface area (Å²) in [4.78, 5) is 36.4. The van der Waals surface area contributed by atoms with Crippen LogP contribution in [0.5, 0.6) is 0 Å². The molecule has 0 aliphatic heterocycles. The van der Waals surface area contributed by atoms with Crippen molar-refractivity contribution in [1.29, 1.82) is 0 Å². The number of non-ortho nitro benzene ring substituents is 1. The highest BCUT2D eigenvalue weighted by molar-refractivity contribution is 5.95. The van der Waals surface area contributed by atoms with Gasteiger partial charge in [-0.1, -0.05) is 18.2 Å². The summed E-state index contributed by atoms with van der Waals surface area (Å²) in [6.45, 7) is 3.95. The predicted octanol–water partition coefficient (Wildman–Crippen LogP) is 3.22. The zero-order valence-corrected chi connectivity index (χ0v) is 17.0. The first kappa shape index (κ1) is 19.4. The third kappa shape index (κ3) is 2.93. The van der Waals surface area contributed by atoms with Crippen LogP contribution in [-0.4, -0.2) is 18.6 Å². The van der Waals surface area contributed by atoms with E-state index in [1.807, 2.05) is 36.6 Å². The number of hydrogen-bond donors (Lipinski definition) is 0. The van der Waals surface area contributed by atoms with Gasteiger partial charge < -0.3 is 4.57 Å². The third-order valence-corrected chi connectivity index (χ3v) is 5.25. The van der Waals surface area contributed by atoms with Gasteiger partial charge in [0.05, 0.1) is 21.5 Å². The van der Waals surface area contributed by atoms with Gasteiger partial charge in [-0.25, -0.2) is 4.79 Å². The van der Waals surface area contributed by atoms with Crippen LogP contribution >= 0.6 is 0 Å². The van der Waals surface area contributed by atoms with Gasteiger partial charge in [0.2, 0.25) is 0 Å². The fourth-order valence-corrected chi connectivity index (χ4v) is 3.88. The molecule has 2 heterocycles. The van der Waals surface area contributed by atoms with Gasteiger partial charge in [0, 0.05) is 43.7 Å². The lowest BCUT2D eigenvalue weighted by Gasteiger charge is -2.12. The van der Waals surface area contributed by atoms with E-state index in [1.165, 1.54) is 23.7 Å². The summed E-state index contributed by atoms with van der Waals surface area (Å²) in [6, 6.07) is 12.1. The molecule has 4 aromatic rings. The van der Waals surface area contributed by atoms with E-state index >= 15 is 0 Å². The molecular weight excluding hydrogens is 384 g/mol. The minimum absolute atomic E-state index is 0.0736.